The van der Waals surface area contributed by atoms with Crippen LogP contribution in [0.5, 0.6) is 5.75 Å². The van der Waals surface area contributed by atoms with Gasteiger partial charge in [0.1, 0.15) is 5.75 Å². The third kappa shape index (κ3) is 2.69. The van der Waals surface area contributed by atoms with E-state index in [1.165, 1.54) is 20.3 Å². The van der Waals surface area contributed by atoms with Crippen LogP contribution in [-0.4, -0.2) is 36.2 Å². The molecule has 0 fully saturated rings. The molecule has 1 aromatic heterocycles. The van der Waals surface area contributed by atoms with Gasteiger partial charge in [0.05, 0.1) is 37.4 Å². The number of esters is 1. The van der Waals surface area contributed by atoms with Crippen LogP contribution in [0.2, 0.25) is 0 Å². The lowest BCUT2D eigenvalue weighted by Crippen LogP contribution is -2.12. The molecule has 104 valence electrons. The van der Waals surface area contributed by atoms with Gasteiger partial charge in [-0.2, -0.15) is 0 Å². The van der Waals surface area contributed by atoms with Gasteiger partial charge in [-0.1, -0.05) is 0 Å². The summed E-state index contributed by atoms with van der Waals surface area (Å²) in [6, 6.07) is 6.61. The van der Waals surface area contributed by atoms with Gasteiger partial charge in [0.25, 0.3) is 0 Å². The molecule has 0 saturated carbocycles. The quantitative estimate of drug-likeness (QED) is 0.854. The fourth-order valence-corrected chi connectivity index (χ4v) is 1.84. The van der Waals surface area contributed by atoms with Gasteiger partial charge in [-0.15, -0.1) is 0 Å². The van der Waals surface area contributed by atoms with E-state index in [0.717, 1.165) is 0 Å². The number of benzene rings is 1. The summed E-state index contributed by atoms with van der Waals surface area (Å²) in [6.45, 7) is 0. The highest BCUT2D eigenvalue weighted by molar-refractivity contribution is 5.95. The van der Waals surface area contributed by atoms with Gasteiger partial charge in [0.15, 0.2) is 0 Å². The second-order valence-electron chi connectivity index (χ2n) is 4.10. The monoisotopic (exact) mass is 275 g/mol. The second-order valence-corrected chi connectivity index (χ2v) is 4.10. The number of methoxy groups -OCH3 is 2. The number of carboxylic acids is 1. The summed E-state index contributed by atoms with van der Waals surface area (Å²) >= 11 is 0. The molecule has 6 nitrogen and oxygen atoms in total. The van der Waals surface area contributed by atoms with Gasteiger partial charge in [-0.3, -0.25) is 9.78 Å². The number of rotatable bonds is 4. The van der Waals surface area contributed by atoms with Crippen molar-refractivity contribution in [3.05, 3.63) is 35.5 Å². The number of carbonyl (C=O) groups excluding carboxylic acids is 1. The molecule has 0 amide bonds. The number of fused-ring (bicyclic) bond motifs is 1. The summed E-state index contributed by atoms with van der Waals surface area (Å²) in [7, 11) is 2.77. The molecular formula is C14H13NO5. The fourth-order valence-electron chi connectivity index (χ4n) is 1.84. The summed E-state index contributed by atoms with van der Waals surface area (Å²) in [5.41, 5.74) is 0.728. The van der Waals surface area contributed by atoms with Crippen molar-refractivity contribution < 1.29 is 24.2 Å². The average Bonchev–Trinajstić information content (AvgIpc) is 2.45. The summed E-state index contributed by atoms with van der Waals surface area (Å²) in [5, 5.41) is 9.86. The summed E-state index contributed by atoms with van der Waals surface area (Å²) < 4.78 is 9.64. The zero-order valence-electron chi connectivity index (χ0n) is 11.0. The van der Waals surface area contributed by atoms with Crippen molar-refractivity contribution in [1.29, 1.82) is 0 Å². The Hall–Kier alpha value is -2.63. The highest BCUT2D eigenvalue weighted by Gasteiger charge is 2.16. The summed E-state index contributed by atoms with van der Waals surface area (Å²) in [6.07, 6.45) is -0.189. The van der Waals surface area contributed by atoms with Gasteiger partial charge in [-0.25, -0.2) is 4.79 Å². The molecule has 2 rings (SSSR count). The Balaban J connectivity index is 2.59. The van der Waals surface area contributed by atoms with Crippen molar-refractivity contribution in [2.75, 3.05) is 14.2 Å². The van der Waals surface area contributed by atoms with Gasteiger partial charge >= 0.3 is 11.9 Å². The van der Waals surface area contributed by atoms with Gasteiger partial charge in [0.2, 0.25) is 0 Å². The molecule has 0 aliphatic heterocycles. The molecule has 1 N–H and O–H groups in total. The largest absolute Gasteiger partial charge is 0.497 e. The number of hydrogen-bond donors (Lipinski definition) is 1. The molecule has 0 aliphatic rings. The van der Waals surface area contributed by atoms with Crippen LogP contribution >= 0.6 is 0 Å². The number of hydrogen-bond acceptors (Lipinski definition) is 5. The van der Waals surface area contributed by atoms with Gasteiger partial charge in [0, 0.05) is 11.5 Å². The van der Waals surface area contributed by atoms with E-state index in [4.69, 9.17) is 4.74 Å². The van der Waals surface area contributed by atoms with E-state index >= 15 is 0 Å². The Bertz CT molecular complexity index is 681. The predicted octanol–water partition coefficient (Wildman–Crippen LogP) is 1.66. The second kappa shape index (κ2) is 5.56. The molecule has 0 spiro atoms. The molecule has 0 atom stereocenters. The van der Waals surface area contributed by atoms with Crippen molar-refractivity contribution in [3.63, 3.8) is 0 Å². The van der Waals surface area contributed by atoms with Crippen LogP contribution < -0.4 is 4.74 Å². The zero-order chi connectivity index (χ0) is 14.7. The third-order valence-corrected chi connectivity index (χ3v) is 2.87. The standard InChI is InChI=1S/C14H13NO5/c1-19-9-4-3-8-5-10(14(17)18)12(7-13(16)20-2)15-11(8)6-9/h3-6H,7H2,1-2H3,(H,17,18). The lowest BCUT2D eigenvalue weighted by Gasteiger charge is -2.08. The Morgan fingerprint density at radius 2 is 2.00 bits per heavy atom. The van der Waals surface area contributed by atoms with Crippen molar-refractivity contribution in [1.82, 2.24) is 4.98 Å². The van der Waals surface area contributed by atoms with Crippen molar-refractivity contribution in [3.8, 4) is 5.75 Å². The molecule has 0 bridgehead atoms. The van der Waals surface area contributed by atoms with Crippen molar-refractivity contribution in [2.45, 2.75) is 6.42 Å². The van der Waals surface area contributed by atoms with Gasteiger partial charge < -0.3 is 14.6 Å². The SMILES string of the molecule is COC(=O)Cc1nc2cc(OC)ccc2cc1C(=O)O. The maximum Gasteiger partial charge on any atom is 0.337 e. The average molecular weight is 275 g/mol. The predicted molar refractivity (Wildman–Crippen MR) is 71.0 cm³/mol. The molecule has 2 aromatic rings. The van der Waals surface area contributed by atoms with E-state index in [1.54, 1.807) is 18.2 Å². The number of carbonyl (C=O) groups is 2. The van der Waals surface area contributed by atoms with E-state index < -0.39 is 11.9 Å². The van der Waals surface area contributed by atoms with Crippen LogP contribution in [-0.2, 0) is 16.0 Å². The molecule has 0 radical (unpaired) electrons. The highest BCUT2D eigenvalue weighted by atomic mass is 16.5. The molecule has 0 saturated heterocycles. The van der Waals surface area contributed by atoms with E-state index in [1.807, 2.05) is 0 Å². The van der Waals surface area contributed by atoms with Crippen molar-refractivity contribution in [2.24, 2.45) is 0 Å². The van der Waals surface area contributed by atoms with Crippen LogP contribution in [0.4, 0.5) is 0 Å². The van der Waals surface area contributed by atoms with Crippen molar-refractivity contribution >= 4 is 22.8 Å². The minimum absolute atomic E-state index is 0.00642. The molecule has 0 aliphatic carbocycles. The smallest absolute Gasteiger partial charge is 0.337 e. The first-order valence-electron chi connectivity index (χ1n) is 5.83. The van der Waals surface area contributed by atoms with E-state index in [2.05, 4.69) is 9.72 Å². The number of carboxylic acid groups (broad SMARTS) is 1. The molecular weight excluding hydrogens is 262 g/mol. The van der Waals surface area contributed by atoms with Crippen LogP contribution in [0, 0.1) is 0 Å². The lowest BCUT2D eigenvalue weighted by atomic mass is 10.1. The topological polar surface area (TPSA) is 85.7 Å². The maximum absolute atomic E-state index is 11.3. The minimum atomic E-state index is -1.13. The number of pyridine rings is 1. The minimum Gasteiger partial charge on any atom is -0.497 e. The van der Waals surface area contributed by atoms with Crippen LogP contribution in [0.1, 0.15) is 16.1 Å². The van der Waals surface area contributed by atoms with Gasteiger partial charge in [-0.05, 0) is 18.2 Å². The summed E-state index contributed by atoms with van der Waals surface area (Å²) in [4.78, 5) is 26.8. The zero-order valence-corrected chi connectivity index (χ0v) is 11.0. The number of ether oxygens (including phenoxy) is 2. The Morgan fingerprint density at radius 1 is 1.25 bits per heavy atom. The summed E-state index contributed by atoms with van der Waals surface area (Å²) in [5.74, 6) is -1.06. The van der Waals surface area contributed by atoms with E-state index in [0.29, 0.717) is 16.7 Å². The first-order valence-corrected chi connectivity index (χ1v) is 5.83. The number of aromatic carboxylic acids is 1. The first kappa shape index (κ1) is 13.8. The van der Waals surface area contributed by atoms with E-state index in [9.17, 15) is 14.7 Å². The number of nitrogens with zero attached hydrogens (tertiary/aromatic N) is 1. The molecule has 0 unspecified atom stereocenters. The van der Waals surface area contributed by atoms with Crippen LogP contribution in [0.3, 0.4) is 0 Å². The Labute approximate surface area is 115 Å². The first-order chi connectivity index (χ1) is 9.55. The third-order valence-electron chi connectivity index (χ3n) is 2.87. The Kier molecular flexibility index (Phi) is 3.84. The fraction of sp³-hybridized carbons (Fsp3) is 0.214. The maximum atomic E-state index is 11.3. The molecule has 6 heteroatoms. The lowest BCUT2D eigenvalue weighted by molar-refractivity contribution is -0.139. The Morgan fingerprint density at radius 3 is 2.60 bits per heavy atom. The van der Waals surface area contributed by atoms with Crippen LogP contribution in [0.25, 0.3) is 10.9 Å². The molecule has 1 heterocycles. The van der Waals surface area contributed by atoms with Crippen LogP contribution in [0.15, 0.2) is 24.3 Å². The normalized spacial score (nSPS) is 10.3. The molecule has 20 heavy (non-hydrogen) atoms. The highest BCUT2D eigenvalue weighted by Crippen LogP contribution is 2.22. The van der Waals surface area contributed by atoms with E-state index in [-0.39, 0.29) is 17.7 Å². The molecule has 1 aromatic carbocycles. The number of aromatic nitrogens is 1.